The van der Waals surface area contributed by atoms with E-state index in [0.717, 1.165) is 0 Å². The summed E-state index contributed by atoms with van der Waals surface area (Å²) < 4.78 is 20.2. The molecule has 1 aromatic carbocycles. The second kappa shape index (κ2) is 9.27. The standard InChI is InChI=1S/C21H23FN6O5/c1-14(29)23-12-17-13-27(21(30)33-17)15-2-4-19(18(22)10-15)25-6-8-26(9-7-25)20-5-3-16(11-24-20)28(31)32/h2-5,10-11,17H,6-9,12-13H2,1H3,(H,23,29)/t17-/m0/s1. The molecule has 0 radical (unpaired) electrons. The highest BCUT2D eigenvalue weighted by Crippen LogP contribution is 2.29. The molecular formula is C21H23FN6O5. The Bertz CT molecular complexity index is 1060. The number of piperazine rings is 1. The fourth-order valence-electron chi connectivity index (χ4n) is 3.87. The zero-order valence-corrected chi connectivity index (χ0v) is 17.9. The first kappa shape index (κ1) is 22.2. The van der Waals surface area contributed by atoms with Crippen LogP contribution in [0.4, 0.5) is 32.1 Å². The van der Waals surface area contributed by atoms with Crippen molar-refractivity contribution < 1.29 is 23.6 Å². The van der Waals surface area contributed by atoms with Gasteiger partial charge in [-0.05, 0) is 24.3 Å². The van der Waals surface area contributed by atoms with Crippen molar-refractivity contribution in [2.45, 2.75) is 13.0 Å². The fraction of sp³-hybridized carbons (Fsp3) is 0.381. The SMILES string of the molecule is CC(=O)NC[C@H]1CN(c2ccc(N3CCN(c4ccc([N+](=O)[O-])cn4)CC3)c(F)c2)C(=O)O1. The summed E-state index contributed by atoms with van der Waals surface area (Å²) in [6.07, 6.45) is 0.149. The molecule has 0 spiro atoms. The second-order valence-electron chi connectivity index (χ2n) is 7.79. The van der Waals surface area contributed by atoms with Gasteiger partial charge >= 0.3 is 6.09 Å². The van der Waals surface area contributed by atoms with Crippen LogP contribution in [0.1, 0.15) is 6.92 Å². The molecule has 12 heteroatoms. The monoisotopic (exact) mass is 458 g/mol. The summed E-state index contributed by atoms with van der Waals surface area (Å²) in [5, 5.41) is 13.4. The van der Waals surface area contributed by atoms with E-state index in [-0.39, 0.29) is 24.7 Å². The molecule has 174 valence electrons. The van der Waals surface area contributed by atoms with E-state index >= 15 is 0 Å². The van der Waals surface area contributed by atoms with Crippen LogP contribution in [0.15, 0.2) is 36.5 Å². The van der Waals surface area contributed by atoms with E-state index in [1.54, 1.807) is 18.2 Å². The van der Waals surface area contributed by atoms with Gasteiger partial charge in [0.05, 0.1) is 29.4 Å². The number of pyridine rings is 1. The average molecular weight is 458 g/mol. The molecule has 4 rings (SSSR count). The summed E-state index contributed by atoms with van der Waals surface area (Å²) in [5.74, 6) is -0.0330. The third-order valence-corrected chi connectivity index (χ3v) is 5.58. The van der Waals surface area contributed by atoms with E-state index in [2.05, 4.69) is 10.3 Å². The van der Waals surface area contributed by atoms with Crippen LogP contribution >= 0.6 is 0 Å². The lowest BCUT2D eigenvalue weighted by molar-refractivity contribution is -0.385. The van der Waals surface area contributed by atoms with Gasteiger partial charge in [-0.15, -0.1) is 0 Å². The molecule has 3 heterocycles. The lowest BCUT2D eigenvalue weighted by Crippen LogP contribution is -2.47. The fourth-order valence-corrected chi connectivity index (χ4v) is 3.87. The number of nitrogens with zero attached hydrogens (tertiary/aromatic N) is 5. The van der Waals surface area contributed by atoms with Crippen LogP contribution in [-0.4, -0.2) is 67.3 Å². The largest absolute Gasteiger partial charge is 0.442 e. The Labute approximate surface area is 188 Å². The molecule has 1 atom stereocenters. The normalized spacial score (nSPS) is 18.3. The summed E-state index contributed by atoms with van der Waals surface area (Å²) in [6.45, 7) is 4.04. The van der Waals surface area contributed by atoms with Crippen molar-refractivity contribution in [1.29, 1.82) is 0 Å². The first-order chi connectivity index (χ1) is 15.8. The van der Waals surface area contributed by atoms with Gasteiger partial charge in [0, 0.05) is 39.2 Å². The minimum Gasteiger partial charge on any atom is -0.442 e. The Balaban J connectivity index is 1.37. The number of nitrogens with one attached hydrogen (secondary N) is 1. The minimum absolute atomic E-state index is 0.0668. The van der Waals surface area contributed by atoms with Crippen LogP contribution in [0.5, 0.6) is 0 Å². The number of benzene rings is 1. The third-order valence-electron chi connectivity index (χ3n) is 5.58. The maximum Gasteiger partial charge on any atom is 0.414 e. The summed E-state index contributed by atoms with van der Waals surface area (Å²) in [4.78, 5) is 42.9. The number of carbonyl (C=O) groups excluding carboxylic acids is 2. The van der Waals surface area contributed by atoms with Crippen LogP contribution < -0.4 is 20.0 Å². The average Bonchev–Trinajstić information content (AvgIpc) is 3.18. The highest BCUT2D eigenvalue weighted by Gasteiger charge is 2.33. The molecule has 2 aliphatic heterocycles. The van der Waals surface area contributed by atoms with Gasteiger partial charge in [-0.2, -0.15) is 0 Å². The number of aromatic nitrogens is 1. The molecule has 2 aliphatic rings. The smallest absolute Gasteiger partial charge is 0.414 e. The lowest BCUT2D eigenvalue weighted by atomic mass is 10.2. The lowest BCUT2D eigenvalue weighted by Gasteiger charge is -2.36. The van der Waals surface area contributed by atoms with Crippen molar-refractivity contribution in [3.8, 4) is 0 Å². The maximum absolute atomic E-state index is 14.9. The quantitative estimate of drug-likeness (QED) is 0.515. The first-order valence-corrected chi connectivity index (χ1v) is 10.4. The number of cyclic esters (lactones) is 1. The van der Waals surface area contributed by atoms with E-state index in [4.69, 9.17) is 4.74 Å². The van der Waals surface area contributed by atoms with Crippen molar-refractivity contribution in [2.75, 3.05) is 54.0 Å². The van der Waals surface area contributed by atoms with Gasteiger partial charge < -0.3 is 19.9 Å². The van der Waals surface area contributed by atoms with E-state index in [1.165, 1.54) is 30.2 Å². The zero-order valence-electron chi connectivity index (χ0n) is 17.9. The molecular weight excluding hydrogens is 435 g/mol. The molecule has 11 nitrogen and oxygen atoms in total. The Kier molecular flexibility index (Phi) is 6.24. The van der Waals surface area contributed by atoms with E-state index in [9.17, 15) is 24.1 Å². The number of carbonyl (C=O) groups is 2. The molecule has 0 bridgehead atoms. The Morgan fingerprint density at radius 1 is 1.24 bits per heavy atom. The molecule has 33 heavy (non-hydrogen) atoms. The molecule has 2 aromatic rings. The molecule has 1 aromatic heterocycles. The number of rotatable bonds is 6. The number of hydrogen-bond acceptors (Lipinski definition) is 8. The minimum atomic E-state index is -0.582. The number of halogens is 1. The van der Waals surface area contributed by atoms with Crippen molar-refractivity contribution in [1.82, 2.24) is 10.3 Å². The Morgan fingerprint density at radius 2 is 1.97 bits per heavy atom. The van der Waals surface area contributed by atoms with Crippen LogP contribution in [0, 0.1) is 15.9 Å². The molecule has 0 aliphatic carbocycles. The van der Waals surface area contributed by atoms with Gasteiger partial charge in [0.1, 0.15) is 23.9 Å². The van der Waals surface area contributed by atoms with Gasteiger partial charge in [-0.25, -0.2) is 14.2 Å². The molecule has 1 N–H and O–H groups in total. The Hall–Kier alpha value is -3.96. The number of nitro groups is 1. The van der Waals surface area contributed by atoms with Gasteiger partial charge in [0.25, 0.3) is 5.69 Å². The molecule has 2 amide bonds. The first-order valence-electron chi connectivity index (χ1n) is 10.4. The highest BCUT2D eigenvalue weighted by atomic mass is 19.1. The topological polar surface area (TPSA) is 121 Å². The van der Waals surface area contributed by atoms with Crippen molar-refractivity contribution in [2.24, 2.45) is 0 Å². The van der Waals surface area contributed by atoms with Gasteiger partial charge in [-0.3, -0.25) is 19.8 Å². The van der Waals surface area contributed by atoms with E-state index in [1.807, 2.05) is 9.80 Å². The summed E-state index contributed by atoms with van der Waals surface area (Å²) in [7, 11) is 0. The van der Waals surface area contributed by atoms with Gasteiger partial charge in [0.15, 0.2) is 0 Å². The summed E-state index contributed by atoms with van der Waals surface area (Å²) in [5.41, 5.74) is 0.751. The number of hydrogen-bond donors (Lipinski definition) is 1. The number of anilines is 3. The van der Waals surface area contributed by atoms with Crippen molar-refractivity contribution in [3.05, 3.63) is 52.5 Å². The van der Waals surface area contributed by atoms with Gasteiger partial charge in [0.2, 0.25) is 5.91 Å². The zero-order chi connectivity index (χ0) is 23.5. The van der Waals surface area contributed by atoms with Gasteiger partial charge in [-0.1, -0.05) is 0 Å². The second-order valence-corrected chi connectivity index (χ2v) is 7.79. The van der Waals surface area contributed by atoms with Crippen molar-refractivity contribution in [3.63, 3.8) is 0 Å². The van der Waals surface area contributed by atoms with Crippen LogP contribution in [0.25, 0.3) is 0 Å². The van der Waals surface area contributed by atoms with E-state index in [0.29, 0.717) is 43.4 Å². The number of ether oxygens (including phenoxy) is 1. The predicted octanol–water partition coefficient (Wildman–Crippen LogP) is 1.92. The summed E-state index contributed by atoms with van der Waals surface area (Å²) >= 11 is 0. The number of amides is 2. The highest BCUT2D eigenvalue weighted by molar-refractivity contribution is 5.90. The van der Waals surface area contributed by atoms with Crippen LogP contribution in [0.3, 0.4) is 0 Å². The predicted molar refractivity (Wildman–Crippen MR) is 118 cm³/mol. The third kappa shape index (κ3) is 4.94. The van der Waals surface area contributed by atoms with Crippen molar-refractivity contribution >= 4 is 34.9 Å². The van der Waals surface area contributed by atoms with Crippen LogP contribution in [-0.2, 0) is 9.53 Å². The molecule has 2 fully saturated rings. The Morgan fingerprint density at radius 3 is 2.58 bits per heavy atom. The van der Waals surface area contributed by atoms with Crippen LogP contribution in [0.2, 0.25) is 0 Å². The molecule has 2 saturated heterocycles. The molecule has 0 saturated carbocycles. The van der Waals surface area contributed by atoms with E-state index < -0.39 is 22.9 Å². The molecule has 0 unspecified atom stereocenters. The summed E-state index contributed by atoms with van der Waals surface area (Å²) in [6, 6.07) is 7.64. The maximum atomic E-state index is 14.9.